The molecule has 0 unspecified atom stereocenters. The molecule has 0 N–H and O–H groups in total. The highest BCUT2D eigenvalue weighted by Gasteiger charge is 2.12. The fourth-order valence-corrected chi connectivity index (χ4v) is 1.07. The molecule has 4 heteroatoms. The highest BCUT2D eigenvalue weighted by atomic mass is 16.5. The van der Waals surface area contributed by atoms with Crippen LogP contribution < -0.4 is 4.90 Å². The van der Waals surface area contributed by atoms with Gasteiger partial charge in [0.2, 0.25) is 0 Å². The molecular weight excluding hydrogens is 142 g/mol. The van der Waals surface area contributed by atoms with Crippen molar-refractivity contribution in [2.45, 2.75) is 0 Å². The smallest absolute Gasteiger partial charge is 0.133 e. The lowest BCUT2D eigenvalue weighted by Crippen LogP contribution is -2.19. The summed E-state index contributed by atoms with van der Waals surface area (Å²) in [6, 6.07) is 1.88. The molecule has 0 radical (unpaired) electrons. The van der Waals surface area contributed by atoms with E-state index in [1.165, 1.54) is 0 Å². The number of hydrogen-bond acceptors (Lipinski definition) is 4. The van der Waals surface area contributed by atoms with Gasteiger partial charge in [-0.25, -0.2) is 9.97 Å². The van der Waals surface area contributed by atoms with Crippen molar-refractivity contribution in [3.8, 4) is 0 Å². The molecule has 0 aromatic carbocycles. The van der Waals surface area contributed by atoms with Gasteiger partial charge in [-0.1, -0.05) is 0 Å². The molecule has 1 aliphatic heterocycles. The molecule has 58 valence electrons. The van der Waals surface area contributed by atoms with Gasteiger partial charge in [0.15, 0.2) is 0 Å². The highest BCUT2D eigenvalue weighted by molar-refractivity contribution is 5.36. The van der Waals surface area contributed by atoms with Gasteiger partial charge in [-0.2, -0.15) is 0 Å². The van der Waals surface area contributed by atoms with Gasteiger partial charge in [0.1, 0.15) is 18.9 Å². The largest absolute Gasteiger partial charge is 0.359 e. The van der Waals surface area contributed by atoms with Crippen molar-refractivity contribution in [2.24, 2.45) is 0 Å². The third-order valence-electron chi connectivity index (χ3n) is 1.64. The maximum Gasteiger partial charge on any atom is 0.133 e. The third kappa shape index (κ3) is 1.30. The predicted octanol–water partition coefficient (Wildman–Crippen LogP) is 0.271. The lowest BCUT2D eigenvalue weighted by molar-refractivity contribution is 0.201. The van der Waals surface area contributed by atoms with E-state index in [9.17, 15) is 0 Å². The first-order valence-corrected chi connectivity index (χ1v) is 3.55. The highest BCUT2D eigenvalue weighted by Crippen LogP contribution is 2.10. The Morgan fingerprint density at radius 3 is 3.18 bits per heavy atom. The first-order valence-electron chi connectivity index (χ1n) is 3.55. The third-order valence-corrected chi connectivity index (χ3v) is 1.64. The van der Waals surface area contributed by atoms with Crippen LogP contribution in [0.1, 0.15) is 0 Å². The number of anilines is 1. The molecule has 0 atom stereocenters. The molecule has 1 aliphatic rings. The molecule has 0 aliphatic carbocycles. The summed E-state index contributed by atoms with van der Waals surface area (Å²) in [5.41, 5.74) is 0. The molecule has 2 heterocycles. The van der Waals surface area contributed by atoms with E-state index < -0.39 is 0 Å². The van der Waals surface area contributed by atoms with E-state index >= 15 is 0 Å². The lowest BCUT2D eigenvalue weighted by Gasteiger charge is -2.12. The van der Waals surface area contributed by atoms with Crippen LogP contribution in [0.5, 0.6) is 0 Å². The molecule has 0 saturated carbocycles. The average molecular weight is 151 g/mol. The molecule has 1 saturated heterocycles. The van der Waals surface area contributed by atoms with E-state index in [4.69, 9.17) is 4.74 Å². The quantitative estimate of drug-likeness (QED) is 0.577. The van der Waals surface area contributed by atoms with Gasteiger partial charge in [-0.15, -0.1) is 0 Å². The maximum absolute atomic E-state index is 5.18. The Morgan fingerprint density at radius 1 is 1.55 bits per heavy atom. The van der Waals surface area contributed by atoms with Crippen LogP contribution in [0, 0.1) is 0 Å². The summed E-state index contributed by atoms with van der Waals surface area (Å²) in [5, 5.41) is 0. The van der Waals surface area contributed by atoms with Crippen molar-refractivity contribution in [1.29, 1.82) is 0 Å². The molecule has 1 aromatic rings. The Bertz CT molecular complexity index is 220. The van der Waals surface area contributed by atoms with Crippen molar-refractivity contribution in [3.05, 3.63) is 18.6 Å². The molecule has 11 heavy (non-hydrogen) atoms. The van der Waals surface area contributed by atoms with Crippen molar-refractivity contribution >= 4 is 5.82 Å². The molecule has 1 aromatic heterocycles. The zero-order valence-corrected chi connectivity index (χ0v) is 6.10. The summed E-state index contributed by atoms with van der Waals surface area (Å²) in [6.07, 6.45) is 3.29. The first kappa shape index (κ1) is 6.54. The Balaban J connectivity index is 2.16. The number of aromatic nitrogens is 2. The van der Waals surface area contributed by atoms with Crippen LogP contribution in [-0.2, 0) is 4.74 Å². The molecule has 0 bridgehead atoms. The van der Waals surface area contributed by atoms with Gasteiger partial charge in [-0.05, 0) is 6.07 Å². The van der Waals surface area contributed by atoms with Gasteiger partial charge in [0.05, 0.1) is 6.61 Å². The fraction of sp³-hybridized carbons (Fsp3) is 0.429. The van der Waals surface area contributed by atoms with E-state index in [0.29, 0.717) is 6.73 Å². The predicted molar refractivity (Wildman–Crippen MR) is 40.2 cm³/mol. The number of ether oxygens (including phenoxy) is 1. The molecule has 1 fully saturated rings. The van der Waals surface area contributed by atoms with Gasteiger partial charge in [-0.3, -0.25) is 0 Å². The van der Waals surface area contributed by atoms with Crippen LogP contribution in [0.4, 0.5) is 5.82 Å². The standard InChI is InChI=1S/C7H9N3O/c1-2-8-5-9-7(1)10-3-4-11-6-10/h1-2,5H,3-4,6H2. The second kappa shape index (κ2) is 2.84. The Morgan fingerprint density at radius 2 is 2.55 bits per heavy atom. The van der Waals surface area contributed by atoms with E-state index in [1.807, 2.05) is 6.07 Å². The fourth-order valence-electron chi connectivity index (χ4n) is 1.07. The topological polar surface area (TPSA) is 38.2 Å². The van der Waals surface area contributed by atoms with Gasteiger partial charge in [0.25, 0.3) is 0 Å². The van der Waals surface area contributed by atoms with Crippen LogP contribution in [0.25, 0.3) is 0 Å². The summed E-state index contributed by atoms with van der Waals surface area (Å²) >= 11 is 0. The van der Waals surface area contributed by atoms with Crippen molar-refractivity contribution in [1.82, 2.24) is 9.97 Å². The minimum absolute atomic E-state index is 0.650. The summed E-state index contributed by atoms with van der Waals surface area (Å²) in [4.78, 5) is 10.0. The normalized spacial score (nSPS) is 17.3. The van der Waals surface area contributed by atoms with Crippen LogP contribution in [0.3, 0.4) is 0 Å². The van der Waals surface area contributed by atoms with E-state index in [-0.39, 0.29) is 0 Å². The minimum Gasteiger partial charge on any atom is -0.359 e. The number of rotatable bonds is 1. The van der Waals surface area contributed by atoms with Crippen molar-refractivity contribution < 1.29 is 4.74 Å². The lowest BCUT2D eigenvalue weighted by atomic mass is 10.5. The van der Waals surface area contributed by atoms with Crippen LogP contribution in [0.2, 0.25) is 0 Å². The Kier molecular flexibility index (Phi) is 1.69. The molecule has 2 rings (SSSR count). The second-order valence-corrected chi connectivity index (χ2v) is 2.37. The zero-order valence-electron chi connectivity index (χ0n) is 6.10. The minimum atomic E-state index is 0.650. The van der Waals surface area contributed by atoms with Crippen LogP contribution in [-0.4, -0.2) is 29.9 Å². The van der Waals surface area contributed by atoms with Gasteiger partial charge >= 0.3 is 0 Å². The average Bonchev–Trinajstić information content (AvgIpc) is 2.58. The van der Waals surface area contributed by atoms with Gasteiger partial charge < -0.3 is 9.64 Å². The molecule has 4 nitrogen and oxygen atoms in total. The van der Waals surface area contributed by atoms with E-state index in [1.54, 1.807) is 12.5 Å². The van der Waals surface area contributed by atoms with E-state index in [2.05, 4.69) is 14.9 Å². The molecular formula is C7H9N3O. The summed E-state index contributed by atoms with van der Waals surface area (Å²) < 4.78 is 5.18. The summed E-state index contributed by atoms with van der Waals surface area (Å²) in [5.74, 6) is 0.942. The van der Waals surface area contributed by atoms with Crippen molar-refractivity contribution in [3.63, 3.8) is 0 Å². The van der Waals surface area contributed by atoms with Crippen LogP contribution >= 0.6 is 0 Å². The number of nitrogens with zero attached hydrogens (tertiary/aromatic N) is 3. The van der Waals surface area contributed by atoms with Crippen LogP contribution in [0.15, 0.2) is 18.6 Å². The SMILES string of the molecule is c1cc(N2CCOC2)ncn1. The number of hydrogen-bond donors (Lipinski definition) is 0. The first-order chi connectivity index (χ1) is 5.47. The summed E-state index contributed by atoms with van der Waals surface area (Å²) in [6.45, 7) is 2.37. The molecule has 0 spiro atoms. The molecule has 0 amide bonds. The van der Waals surface area contributed by atoms with E-state index in [0.717, 1.165) is 19.0 Å². The Labute approximate surface area is 64.8 Å². The second-order valence-electron chi connectivity index (χ2n) is 2.37. The Hall–Kier alpha value is -1.16. The maximum atomic E-state index is 5.18. The zero-order chi connectivity index (χ0) is 7.52. The van der Waals surface area contributed by atoms with Crippen molar-refractivity contribution in [2.75, 3.05) is 24.8 Å². The van der Waals surface area contributed by atoms with Gasteiger partial charge in [0, 0.05) is 12.7 Å². The monoisotopic (exact) mass is 151 g/mol. The summed E-state index contributed by atoms with van der Waals surface area (Å²) in [7, 11) is 0.